The third-order valence-electron chi connectivity index (χ3n) is 3.62. The Hall–Kier alpha value is -0.890. The van der Waals surface area contributed by atoms with Gasteiger partial charge in [0.1, 0.15) is 0 Å². The highest BCUT2D eigenvalue weighted by molar-refractivity contribution is 9.09. The van der Waals surface area contributed by atoms with E-state index < -0.39 is 0 Å². The average molecular weight is 483 g/mol. The highest BCUT2D eigenvalue weighted by Gasteiger charge is 2.11. The minimum atomic E-state index is -0.156. The predicted octanol–water partition coefficient (Wildman–Crippen LogP) is 2.41. The van der Waals surface area contributed by atoms with Gasteiger partial charge in [-0.25, -0.2) is 0 Å². The number of hydrogen-bond acceptors (Lipinski definition) is 3. The average Bonchev–Trinajstić information content (AvgIpc) is 2.62. The number of hydrogen-bond donors (Lipinski definition) is 3. The van der Waals surface area contributed by atoms with Crippen molar-refractivity contribution in [2.24, 2.45) is 0 Å². The second-order valence-electron chi connectivity index (χ2n) is 5.72. The normalized spacial score (nSPS) is 11.4. The SMILES string of the molecule is C=CC(=O)NCCCCC(CCCCCNC(=O)CBr)NC(=O)CBr. The van der Waals surface area contributed by atoms with Crippen LogP contribution in [0.15, 0.2) is 12.7 Å². The van der Waals surface area contributed by atoms with E-state index in [0.717, 1.165) is 44.9 Å². The van der Waals surface area contributed by atoms with Crippen LogP contribution in [0.4, 0.5) is 0 Å². The van der Waals surface area contributed by atoms with E-state index in [2.05, 4.69) is 54.4 Å². The number of nitrogens with one attached hydrogen (secondary N) is 3. The summed E-state index contributed by atoms with van der Waals surface area (Å²) < 4.78 is 0. The number of unbranched alkanes of at least 4 members (excludes halogenated alkanes) is 3. The summed E-state index contributed by atoms with van der Waals surface area (Å²) in [5.74, 6) is -0.156. The van der Waals surface area contributed by atoms with E-state index in [1.54, 1.807) is 0 Å². The van der Waals surface area contributed by atoms with Crippen molar-refractivity contribution in [3.8, 4) is 0 Å². The van der Waals surface area contributed by atoms with Gasteiger partial charge in [0.25, 0.3) is 0 Å². The van der Waals surface area contributed by atoms with Gasteiger partial charge in [-0.3, -0.25) is 14.4 Å². The molecular formula is C17H29Br2N3O3. The van der Waals surface area contributed by atoms with Crippen molar-refractivity contribution < 1.29 is 14.4 Å². The fourth-order valence-corrected chi connectivity index (χ4v) is 2.68. The molecule has 6 nitrogen and oxygen atoms in total. The first-order valence-electron chi connectivity index (χ1n) is 8.61. The van der Waals surface area contributed by atoms with E-state index in [9.17, 15) is 14.4 Å². The van der Waals surface area contributed by atoms with Gasteiger partial charge in [-0.05, 0) is 38.2 Å². The van der Waals surface area contributed by atoms with Crippen molar-refractivity contribution in [3.05, 3.63) is 12.7 Å². The molecule has 0 saturated heterocycles. The molecule has 8 heteroatoms. The maximum atomic E-state index is 11.6. The predicted molar refractivity (Wildman–Crippen MR) is 108 cm³/mol. The van der Waals surface area contributed by atoms with Crippen LogP contribution in [-0.2, 0) is 14.4 Å². The molecule has 0 saturated carbocycles. The van der Waals surface area contributed by atoms with Crippen molar-refractivity contribution >= 4 is 49.6 Å². The molecule has 0 aromatic carbocycles. The molecule has 0 aliphatic rings. The maximum Gasteiger partial charge on any atom is 0.243 e. The van der Waals surface area contributed by atoms with Gasteiger partial charge >= 0.3 is 0 Å². The van der Waals surface area contributed by atoms with Crippen molar-refractivity contribution in [1.82, 2.24) is 16.0 Å². The molecule has 25 heavy (non-hydrogen) atoms. The highest BCUT2D eigenvalue weighted by atomic mass is 79.9. The quantitative estimate of drug-likeness (QED) is 0.190. The first kappa shape index (κ1) is 24.1. The summed E-state index contributed by atoms with van der Waals surface area (Å²) >= 11 is 6.28. The zero-order chi connectivity index (χ0) is 18.9. The molecule has 1 unspecified atom stereocenters. The van der Waals surface area contributed by atoms with Gasteiger partial charge in [0.15, 0.2) is 0 Å². The maximum absolute atomic E-state index is 11.6. The summed E-state index contributed by atoms with van der Waals surface area (Å²) in [4.78, 5) is 33.8. The molecule has 0 fully saturated rings. The van der Waals surface area contributed by atoms with Crippen LogP contribution in [0.3, 0.4) is 0 Å². The summed E-state index contributed by atoms with van der Waals surface area (Å²) in [6.45, 7) is 4.72. The number of carbonyl (C=O) groups is 3. The standard InChI is InChI=1S/C17H29Br2N3O3/c1-2-15(23)20-11-7-5-9-14(22-17(25)13-19)8-4-3-6-10-21-16(24)12-18/h2,14H,1,3-13H2,(H,20,23)(H,21,24)(H,22,25). The van der Waals surface area contributed by atoms with E-state index in [1.165, 1.54) is 6.08 Å². The Labute approximate surface area is 167 Å². The molecule has 144 valence electrons. The van der Waals surface area contributed by atoms with Gasteiger partial charge in [0.05, 0.1) is 10.7 Å². The van der Waals surface area contributed by atoms with Crippen LogP contribution in [0.1, 0.15) is 44.9 Å². The molecule has 0 aromatic heterocycles. The molecule has 0 aliphatic carbocycles. The minimum absolute atomic E-state index is 0.00505. The van der Waals surface area contributed by atoms with Gasteiger partial charge in [0.2, 0.25) is 17.7 Å². The van der Waals surface area contributed by atoms with Crippen LogP contribution >= 0.6 is 31.9 Å². The number of rotatable bonds is 15. The molecular weight excluding hydrogens is 454 g/mol. The Bertz CT molecular complexity index is 420. The van der Waals surface area contributed by atoms with Crippen LogP contribution < -0.4 is 16.0 Å². The van der Waals surface area contributed by atoms with E-state index >= 15 is 0 Å². The van der Waals surface area contributed by atoms with Gasteiger partial charge in [0, 0.05) is 19.1 Å². The van der Waals surface area contributed by atoms with E-state index in [1.807, 2.05) is 0 Å². The summed E-state index contributed by atoms with van der Waals surface area (Å²) in [6.07, 6.45) is 7.84. The Morgan fingerprint density at radius 1 is 0.840 bits per heavy atom. The summed E-state index contributed by atoms with van der Waals surface area (Å²) in [5, 5.41) is 9.24. The Balaban J connectivity index is 3.92. The molecule has 0 spiro atoms. The van der Waals surface area contributed by atoms with Crippen molar-refractivity contribution in [1.29, 1.82) is 0 Å². The Kier molecular flexibility index (Phi) is 16.0. The van der Waals surface area contributed by atoms with Gasteiger partial charge in [-0.15, -0.1) is 0 Å². The lowest BCUT2D eigenvalue weighted by atomic mass is 10.0. The van der Waals surface area contributed by atoms with Crippen molar-refractivity contribution in [3.63, 3.8) is 0 Å². The lowest BCUT2D eigenvalue weighted by Crippen LogP contribution is -2.35. The molecule has 0 rings (SSSR count). The van der Waals surface area contributed by atoms with E-state index in [-0.39, 0.29) is 23.8 Å². The molecule has 0 aromatic rings. The van der Waals surface area contributed by atoms with E-state index in [4.69, 9.17) is 0 Å². The third kappa shape index (κ3) is 15.1. The van der Waals surface area contributed by atoms with Crippen LogP contribution in [-0.4, -0.2) is 47.5 Å². The Morgan fingerprint density at radius 3 is 2.00 bits per heavy atom. The van der Waals surface area contributed by atoms with Crippen LogP contribution in [0, 0.1) is 0 Å². The number of amides is 3. The number of carbonyl (C=O) groups excluding carboxylic acids is 3. The zero-order valence-electron chi connectivity index (χ0n) is 14.6. The van der Waals surface area contributed by atoms with Crippen LogP contribution in [0.25, 0.3) is 0 Å². The monoisotopic (exact) mass is 481 g/mol. The lowest BCUT2D eigenvalue weighted by Gasteiger charge is -2.18. The highest BCUT2D eigenvalue weighted by Crippen LogP contribution is 2.10. The molecule has 0 aliphatic heterocycles. The lowest BCUT2D eigenvalue weighted by molar-refractivity contribution is -0.119. The van der Waals surface area contributed by atoms with Crippen molar-refractivity contribution in [2.75, 3.05) is 23.7 Å². The smallest absolute Gasteiger partial charge is 0.243 e. The molecule has 1 atom stereocenters. The van der Waals surface area contributed by atoms with Gasteiger partial charge in [-0.1, -0.05) is 51.3 Å². The van der Waals surface area contributed by atoms with Gasteiger partial charge < -0.3 is 16.0 Å². The first-order valence-corrected chi connectivity index (χ1v) is 10.9. The second kappa shape index (κ2) is 16.6. The fraction of sp³-hybridized carbons (Fsp3) is 0.706. The van der Waals surface area contributed by atoms with Gasteiger partial charge in [-0.2, -0.15) is 0 Å². The minimum Gasteiger partial charge on any atom is -0.355 e. The zero-order valence-corrected chi connectivity index (χ0v) is 17.8. The molecule has 0 radical (unpaired) electrons. The largest absolute Gasteiger partial charge is 0.355 e. The number of halogens is 2. The summed E-state index contributed by atoms with van der Waals surface area (Å²) in [5.41, 5.74) is 0. The Morgan fingerprint density at radius 2 is 1.40 bits per heavy atom. The topological polar surface area (TPSA) is 87.3 Å². The number of alkyl halides is 2. The second-order valence-corrected chi connectivity index (χ2v) is 6.84. The fourth-order valence-electron chi connectivity index (χ4n) is 2.32. The third-order valence-corrected chi connectivity index (χ3v) is 4.64. The molecule has 3 N–H and O–H groups in total. The van der Waals surface area contributed by atoms with E-state index in [0.29, 0.717) is 23.7 Å². The first-order chi connectivity index (χ1) is 12.0. The van der Waals surface area contributed by atoms with Crippen LogP contribution in [0.5, 0.6) is 0 Å². The molecule has 0 heterocycles. The molecule has 0 bridgehead atoms. The summed E-state index contributed by atoms with van der Waals surface area (Å²) in [7, 11) is 0. The molecule has 3 amide bonds. The van der Waals surface area contributed by atoms with Crippen molar-refractivity contribution in [2.45, 2.75) is 51.0 Å². The summed E-state index contributed by atoms with van der Waals surface area (Å²) in [6, 6.07) is 0.150. The van der Waals surface area contributed by atoms with Crippen LogP contribution in [0.2, 0.25) is 0 Å².